The summed E-state index contributed by atoms with van der Waals surface area (Å²) in [4.78, 5) is 8.92. The summed E-state index contributed by atoms with van der Waals surface area (Å²) < 4.78 is 2.60. The van der Waals surface area contributed by atoms with Crippen molar-refractivity contribution in [3.05, 3.63) is 28.3 Å². The number of halogens is 1. The fourth-order valence-electron chi connectivity index (χ4n) is 1.56. The summed E-state index contributed by atoms with van der Waals surface area (Å²) in [6.07, 6.45) is 3.56. The van der Waals surface area contributed by atoms with Crippen molar-refractivity contribution in [3.8, 4) is 5.82 Å². The molecule has 3 N–H and O–H groups in total. The zero-order valence-corrected chi connectivity index (χ0v) is 12.1. The van der Waals surface area contributed by atoms with Crippen molar-refractivity contribution in [1.29, 1.82) is 0 Å². The van der Waals surface area contributed by atoms with E-state index < -0.39 is 0 Å². The monoisotopic (exact) mass is 310 g/mol. The maximum Gasteiger partial charge on any atom is 0.162 e. The molecule has 0 aromatic carbocycles. The van der Waals surface area contributed by atoms with E-state index in [1.54, 1.807) is 10.9 Å². The molecular formula is C11H15BrN6. The first-order chi connectivity index (χ1) is 8.52. The Labute approximate surface area is 114 Å². The highest BCUT2D eigenvalue weighted by Gasteiger charge is 2.14. The van der Waals surface area contributed by atoms with Gasteiger partial charge in [0.2, 0.25) is 0 Å². The molecule has 2 aromatic heterocycles. The van der Waals surface area contributed by atoms with Gasteiger partial charge in [-0.05, 0) is 22.9 Å². The average molecular weight is 311 g/mol. The van der Waals surface area contributed by atoms with Crippen LogP contribution in [0.15, 0.2) is 16.9 Å². The Bertz CT molecular complexity index is 563. The Hall–Kier alpha value is -1.47. The van der Waals surface area contributed by atoms with Crippen LogP contribution in [0.4, 0.5) is 5.82 Å². The van der Waals surface area contributed by atoms with Crippen molar-refractivity contribution in [2.45, 2.75) is 26.7 Å². The van der Waals surface area contributed by atoms with E-state index >= 15 is 0 Å². The van der Waals surface area contributed by atoms with Crippen molar-refractivity contribution in [2.75, 3.05) is 5.43 Å². The average Bonchev–Trinajstić information content (AvgIpc) is 2.75. The van der Waals surface area contributed by atoms with Gasteiger partial charge in [-0.1, -0.05) is 13.8 Å². The molecule has 2 rings (SSSR count). The minimum absolute atomic E-state index is 0.218. The van der Waals surface area contributed by atoms with Crippen LogP contribution in [0.25, 0.3) is 5.82 Å². The number of anilines is 1. The molecule has 6 nitrogen and oxygen atoms in total. The Balaban J connectivity index is 2.61. The van der Waals surface area contributed by atoms with E-state index in [2.05, 4.69) is 36.4 Å². The maximum atomic E-state index is 5.49. The number of hydrogen-bond acceptors (Lipinski definition) is 5. The van der Waals surface area contributed by atoms with Crippen LogP contribution in [0.2, 0.25) is 0 Å². The molecule has 0 saturated heterocycles. The number of hydrogen-bond donors (Lipinski definition) is 2. The van der Waals surface area contributed by atoms with Gasteiger partial charge in [-0.25, -0.2) is 20.5 Å². The van der Waals surface area contributed by atoms with Gasteiger partial charge in [0, 0.05) is 17.7 Å². The summed E-state index contributed by atoms with van der Waals surface area (Å²) in [7, 11) is 0. The lowest BCUT2D eigenvalue weighted by Crippen LogP contribution is -2.15. The maximum absolute atomic E-state index is 5.49. The molecule has 0 saturated carbocycles. The largest absolute Gasteiger partial charge is 0.308 e. The summed E-state index contributed by atoms with van der Waals surface area (Å²) in [5.74, 6) is 7.79. The molecule has 0 spiro atoms. The Kier molecular flexibility index (Phi) is 3.63. The van der Waals surface area contributed by atoms with Gasteiger partial charge in [0.25, 0.3) is 0 Å². The molecule has 0 atom stereocenters. The summed E-state index contributed by atoms with van der Waals surface area (Å²) in [6.45, 7) is 5.98. The number of rotatable bonds is 3. The second-order valence-electron chi connectivity index (χ2n) is 4.28. The summed E-state index contributed by atoms with van der Waals surface area (Å²) in [6, 6.07) is 0. The fourth-order valence-corrected chi connectivity index (χ4v) is 1.85. The van der Waals surface area contributed by atoms with Crippen LogP contribution < -0.4 is 11.3 Å². The van der Waals surface area contributed by atoms with Crippen molar-refractivity contribution in [3.63, 3.8) is 0 Å². The standard InChI is InChI=1S/C11H15BrN6/c1-6(2)9-15-10(17-13)7(3)11(16-9)18-5-8(12)4-14-18/h4-6H,13H2,1-3H3,(H,15,16,17). The van der Waals surface area contributed by atoms with E-state index in [1.807, 2.05) is 27.0 Å². The normalized spacial score (nSPS) is 11.0. The molecule has 0 unspecified atom stereocenters. The molecule has 2 aromatic rings. The lowest BCUT2D eigenvalue weighted by molar-refractivity contribution is 0.741. The van der Waals surface area contributed by atoms with Gasteiger partial charge in [0.1, 0.15) is 11.6 Å². The highest BCUT2D eigenvalue weighted by atomic mass is 79.9. The first kappa shape index (κ1) is 13.0. The lowest BCUT2D eigenvalue weighted by atomic mass is 10.2. The highest BCUT2D eigenvalue weighted by molar-refractivity contribution is 9.10. The third-order valence-corrected chi connectivity index (χ3v) is 2.97. The molecule has 0 radical (unpaired) electrons. The third kappa shape index (κ3) is 2.37. The van der Waals surface area contributed by atoms with Gasteiger partial charge in [-0.3, -0.25) is 0 Å². The minimum Gasteiger partial charge on any atom is -0.308 e. The zero-order chi connectivity index (χ0) is 13.3. The zero-order valence-electron chi connectivity index (χ0n) is 10.5. The van der Waals surface area contributed by atoms with E-state index in [0.29, 0.717) is 5.82 Å². The molecule has 2 heterocycles. The molecule has 0 bridgehead atoms. The van der Waals surface area contributed by atoms with Crippen LogP contribution in [-0.2, 0) is 0 Å². The van der Waals surface area contributed by atoms with Crippen molar-refractivity contribution in [1.82, 2.24) is 19.7 Å². The number of hydrazine groups is 1. The van der Waals surface area contributed by atoms with Gasteiger partial charge in [0.15, 0.2) is 5.82 Å². The van der Waals surface area contributed by atoms with Crippen LogP contribution in [0.5, 0.6) is 0 Å². The number of nitrogens with two attached hydrogens (primary N) is 1. The minimum atomic E-state index is 0.218. The Morgan fingerprint density at radius 2 is 2.11 bits per heavy atom. The van der Waals surface area contributed by atoms with Crippen molar-refractivity contribution in [2.24, 2.45) is 5.84 Å². The second kappa shape index (κ2) is 5.03. The second-order valence-corrected chi connectivity index (χ2v) is 5.20. The number of aromatic nitrogens is 4. The van der Waals surface area contributed by atoms with Gasteiger partial charge < -0.3 is 5.43 Å². The fraction of sp³-hybridized carbons (Fsp3) is 0.364. The molecular weight excluding hydrogens is 296 g/mol. The van der Waals surface area contributed by atoms with Crippen LogP contribution in [0.1, 0.15) is 31.2 Å². The summed E-state index contributed by atoms with van der Waals surface area (Å²) in [5.41, 5.74) is 3.46. The van der Waals surface area contributed by atoms with Gasteiger partial charge in [0.05, 0.1) is 10.7 Å². The smallest absolute Gasteiger partial charge is 0.162 e. The molecule has 0 aliphatic carbocycles. The van der Waals surface area contributed by atoms with E-state index in [9.17, 15) is 0 Å². The van der Waals surface area contributed by atoms with Gasteiger partial charge >= 0.3 is 0 Å². The van der Waals surface area contributed by atoms with E-state index in [4.69, 9.17) is 5.84 Å². The predicted octanol–water partition coefficient (Wildman–Crippen LogP) is 2.14. The molecule has 0 amide bonds. The van der Waals surface area contributed by atoms with Crippen LogP contribution in [-0.4, -0.2) is 19.7 Å². The third-order valence-electron chi connectivity index (χ3n) is 2.56. The Morgan fingerprint density at radius 1 is 1.39 bits per heavy atom. The molecule has 0 fully saturated rings. The predicted molar refractivity (Wildman–Crippen MR) is 73.5 cm³/mol. The van der Waals surface area contributed by atoms with Crippen molar-refractivity contribution < 1.29 is 0 Å². The molecule has 0 aliphatic heterocycles. The SMILES string of the molecule is Cc1c(NN)nc(C(C)C)nc1-n1cc(Br)cn1. The van der Waals surface area contributed by atoms with Crippen molar-refractivity contribution >= 4 is 21.7 Å². The highest BCUT2D eigenvalue weighted by Crippen LogP contribution is 2.22. The number of nitrogen functional groups attached to an aromatic ring is 1. The van der Waals surface area contributed by atoms with Crippen LogP contribution >= 0.6 is 15.9 Å². The quantitative estimate of drug-likeness (QED) is 0.670. The first-order valence-corrected chi connectivity index (χ1v) is 6.38. The van der Waals surface area contributed by atoms with E-state index in [0.717, 1.165) is 21.7 Å². The Morgan fingerprint density at radius 3 is 2.61 bits per heavy atom. The summed E-state index contributed by atoms with van der Waals surface area (Å²) in [5, 5.41) is 4.23. The number of nitrogens with one attached hydrogen (secondary N) is 1. The first-order valence-electron chi connectivity index (χ1n) is 5.58. The number of nitrogens with zero attached hydrogens (tertiary/aromatic N) is 4. The van der Waals surface area contributed by atoms with E-state index in [1.165, 1.54) is 0 Å². The lowest BCUT2D eigenvalue weighted by Gasteiger charge is -2.13. The van der Waals surface area contributed by atoms with Gasteiger partial charge in [-0.15, -0.1) is 0 Å². The van der Waals surface area contributed by atoms with Crippen LogP contribution in [0.3, 0.4) is 0 Å². The van der Waals surface area contributed by atoms with Gasteiger partial charge in [-0.2, -0.15) is 5.10 Å². The molecule has 0 aliphatic rings. The van der Waals surface area contributed by atoms with Crippen LogP contribution in [0, 0.1) is 6.92 Å². The topological polar surface area (TPSA) is 81.6 Å². The summed E-state index contributed by atoms with van der Waals surface area (Å²) >= 11 is 3.37. The molecule has 18 heavy (non-hydrogen) atoms. The van der Waals surface area contributed by atoms with E-state index in [-0.39, 0.29) is 5.92 Å². The molecule has 7 heteroatoms. The molecule has 96 valence electrons.